The van der Waals surface area contributed by atoms with Crippen molar-refractivity contribution >= 4 is 11.9 Å². The van der Waals surface area contributed by atoms with E-state index in [-0.39, 0.29) is 17.2 Å². The van der Waals surface area contributed by atoms with E-state index in [4.69, 9.17) is 5.11 Å². The predicted octanol–water partition coefficient (Wildman–Crippen LogP) is 2.99. The molecule has 0 bridgehead atoms. The second-order valence-corrected chi connectivity index (χ2v) is 5.62. The fraction of sp³-hybridized carbons (Fsp3) is 0.222. The smallest absolute Gasteiger partial charge is 0.335 e. The van der Waals surface area contributed by atoms with Crippen molar-refractivity contribution in [3.8, 4) is 16.9 Å². The summed E-state index contributed by atoms with van der Waals surface area (Å²) >= 11 is 0. The Kier molecular flexibility index (Phi) is 4.02. The van der Waals surface area contributed by atoms with Crippen molar-refractivity contribution < 1.29 is 19.8 Å². The van der Waals surface area contributed by atoms with E-state index in [1.54, 1.807) is 30.3 Å². The lowest BCUT2D eigenvalue weighted by molar-refractivity contribution is 0.0695. The third-order valence-corrected chi connectivity index (χ3v) is 4.06. The number of carbonyl (C=O) groups excluding carboxylic acids is 1. The molecule has 2 aromatic rings. The van der Waals surface area contributed by atoms with E-state index in [9.17, 15) is 14.7 Å². The van der Waals surface area contributed by atoms with Gasteiger partial charge in [0.05, 0.1) is 5.56 Å². The normalized spacial score (nSPS) is 14.0. The number of phenolic OH excluding ortho intramolecular Hbond substituents is 1. The number of aromatic carboxylic acids is 1. The van der Waals surface area contributed by atoms with Gasteiger partial charge in [0.1, 0.15) is 5.75 Å². The zero-order chi connectivity index (χ0) is 16.4. The molecule has 5 nitrogen and oxygen atoms in total. The van der Waals surface area contributed by atoms with Gasteiger partial charge in [0.15, 0.2) is 0 Å². The molecule has 0 unspecified atom stereocenters. The van der Waals surface area contributed by atoms with Crippen LogP contribution in [0.1, 0.15) is 33.6 Å². The van der Waals surface area contributed by atoms with Crippen LogP contribution in [0.4, 0.5) is 0 Å². The Hall–Kier alpha value is -2.82. The Morgan fingerprint density at radius 2 is 1.70 bits per heavy atom. The van der Waals surface area contributed by atoms with Crippen LogP contribution in [0.15, 0.2) is 42.5 Å². The van der Waals surface area contributed by atoms with Gasteiger partial charge in [-0.05, 0) is 48.7 Å². The summed E-state index contributed by atoms with van der Waals surface area (Å²) in [5, 5.41) is 19.0. The summed E-state index contributed by atoms with van der Waals surface area (Å²) in [4.78, 5) is 25.2. The summed E-state index contributed by atoms with van der Waals surface area (Å²) in [7, 11) is 0. The zero-order valence-electron chi connectivity index (χ0n) is 12.5. The number of carbonyl (C=O) groups is 2. The summed E-state index contributed by atoms with van der Waals surface area (Å²) in [6, 6.07) is 11.2. The molecule has 0 atom stereocenters. The van der Waals surface area contributed by atoms with Gasteiger partial charge in [-0.25, -0.2) is 4.79 Å². The van der Waals surface area contributed by atoms with E-state index < -0.39 is 5.97 Å². The first-order chi connectivity index (χ1) is 11.1. The molecule has 1 fully saturated rings. The molecular weight excluding hydrogens is 294 g/mol. The maximum atomic E-state index is 12.4. The molecular formula is C18H17NO4. The zero-order valence-corrected chi connectivity index (χ0v) is 12.5. The van der Waals surface area contributed by atoms with Gasteiger partial charge in [-0.15, -0.1) is 0 Å². The molecule has 5 heteroatoms. The maximum Gasteiger partial charge on any atom is 0.335 e. The molecule has 3 rings (SSSR count). The molecule has 1 aliphatic rings. The average Bonchev–Trinajstić information content (AvgIpc) is 3.08. The number of likely N-dealkylation sites (tertiary alicyclic amines) is 1. The molecule has 23 heavy (non-hydrogen) atoms. The van der Waals surface area contributed by atoms with E-state index in [1.165, 1.54) is 12.1 Å². The number of rotatable bonds is 3. The fourth-order valence-electron chi connectivity index (χ4n) is 2.83. The van der Waals surface area contributed by atoms with Crippen molar-refractivity contribution in [2.75, 3.05) is 13.1 Å². The average molecular weight is 311 g/mol. The van der Waals surface area contributed by atoms with Crippen LogP contribution in [0.5, 0.6) is 5.75 Å². The minimum atomic E-state index is -1.09. The molecule has 118 valence electrons. The molecule has 0 aromatic heterocycles. The number of carboxylic acids is 1. The van der Waals surface area contributed by atoms with Gasteiger partial charge in [0.25, 0.3) is 5.91 Å². The van der Waals surface area contributed by atoms with E-state index in [0.29, 0.717) is 16.7 Å². The number of hydrogen-bond acceptors (Lipinski definition) is 3. The summed E-state index contributed by atoms with van der Waals surface area (Å²) in [5.74, 6) is -1.22. The Morgan fingerprint density at radius 1 is 0.957 bits per heavy atom. The highest BCUT2D eigenvalue weighted by Crippen LogP contribution is 2.31. The summed E-state index contributed by atoms with van der Waals surface area (Å²) < 4.78 is 0. The quantitative estimate of drug-likeness (QED) is 0.913. The molecule has 0 saturated carbocycles. The van der Waals surface area contributed by atoms with E-state index in [2.05, 4.69) is 0 Å². The van der Waals surface area contributed by atoms with Crippen LogP contribution >= 0.6 is 0 Å². The third-order valence-electron chi connectivity index (χ3n) is 4.06. The van der Waals surface area contributed by atoms with Crippen molar-refractivity contribution in [3.05, 3.63) is 53.6 Å². The number of amides is 1. The number of nitrogens with zero attached hydrogens (tertiary/aromatic N) is 1. The Labute approximate surface area is 133 Å². The first-order valence-corrected chi connectivity index (χ1v) is 7.52. The fourth-order valence-corrected chi connectivity index (χ4v) is 2.83. The van der Waals surface area contributed by atoms with Crippen LogP contribution in [0, 0.1) is 0 Å². The van der Waals surface area contributed by atoms with Gasteiger partial charge in [0.2, 0.25) is 0 Å². The number of hydrogen-bond donors (Lipinski definition) is 2. The van der Waals surface area contributed by atoms with Crippen molar-refractivity contribution in [1.29, 1.82) is 0 Å². The van der Waals surface area contributed by atoms with E-state index in [1.807, 2.05) is 4.90 Å². The molecule has 2 N–H and O–H groups in total. The summed E-state index contributed by atoms with van der Waals surface area (Å²) in [6.07, 6.45) is 2.06. The second kappa shape index (κ2) is 6.12. The lowest BCUT2D eigenvalue weighted by atomic mass is 10.00. The number of benzene rings is 2. The largest absolute Gasteiger partial charge is 0.507 e. The Balaban J connectivity index is 1.93. The third kappa shape index (κ3) is 3.04. The highest BCUT2D eigenvalue weighted by molar-refractivity contribution is 5.96. The van der Waals surface area contributed by atoms with Crippen LogP contribution in [0.2, 0.25) is 0 Å². The van der Waals surface area contributed by atoms with Gasteiger partial charge >= 0.3 is 5.97 Å². The Morgan fingerprint density at radius 3 is 2.35 bits per heavy atom. The first-order valence-electron chi connectivity index (χ1n) is 7.52. The van der Waals surface area contributed by atoms with Gasteiger partial charge in [0, 0.05) is 24.2 Å². The lowest BCUT2D eigenvalue weighted by Gasteiger charge is -2.16. The standard InChI is InChI=1S/C18H17NO4/c20-16-11-14(18(22)23)6-7-15(16)12-4-3-5-13(10-12)17(21)19-8-1-2-9-19/h3-7,10-11,20H,1-2,8-9H2,(H,22,23). The van der Waals surface area contributed by atoms with E-state index >= 15 is 0 Å². The SMILES string of the molecule is O=C(O)c1ccc(-c2cccc(C(=O)N3CCCC3)c2)c(O)c1. The number of aromatic hydroxyl groups is 1. The molecule has 1 saturated heterocycles. The number of carboxylic acid groups (broad SMARTS) is 1. The van der Waals surface area contributed by atoms with Crippen LogP contribution in [-0.4, -0.2) is 40.1 Å². The second-order valence-electron chi connectivity index (χ2n) is 5.62. The minimum absolute atomic E-state index is 0.00834. The first kappa shape index (κ1) is 15.1. The van der Waals surface area contributed by atoms with Crippen molar-refractivity contribution in [1.82, 2.24) is 4.90 Å². The van der Waals surface area contributed by atoms with Gasteiger partial charge in [-0.2, -0.15) is 0 Å². The van der Waals surface area contributed by atoms with Crippen molar-refractivity contribution in [2.24, 2.45) is 0 Å². The highest BCUT2D eigenvalue weighted by Gasteiger charge is 2.20. The Bertz CT molecular complexity index is 763. The monoisotopic (exact) mass is 311 g/mol. The minimum Gasteiger partial charge on any atom is -0.507 e. The van der Waals surface area contributed by atoms with Crippen LogP contribution < -0.4 is 0 Å². The van der Waals surface area contributed by atoms with Crippen LogP contribution in [0.3, 0.4) is 0 Å². The predicted molar refractivity (Wildman–Crippen MR) is 85.6 cm³/mol. The molecule has 1 heterocycles. The maximum absolute atomic E-state index is 12.4. The topological polar surface area (TPSA) is 77.8 Å². The van der Waals surface area contributed by atoms with Crippen molar-refractivity contribution in [2.45, 2.75) is 12.8 Å². The summed E-state index contributed by atoms with van der Waals surface area (Å²) in [5.41, 5.74) is 1.79. The molecule has 2 aromatic carbocycles. The van der Waals surface area contributed by atoms with Crippen LogP contribution in [0.25, 0.3) is 11.1 Å². The van der Waals surface area contributed by atoms with Crippen molar-refractivity contribution in [3.63, 3.8) is 0 Å². The molecule has 0 spiro atoms. The molecule has 1 amide bonds. The van der Waals surface area contributed by atoms with Gasteiger partial charge in [-0.1, -0.05) is 12.1 Å². The highest BCUT2D eigenvalue weighted by atomic mass is 16.4. The number of phenols is 1. The lowest BCUT2D eigenvalue weighted by Crippen LogP contribution is -2.27. The van der Waals surface area contributed by atoms with Gasteiger partial charge < -0.3 is 15.1 Å². The summed E-state index contributed by atoms with van der Waals surface area (Å²) in [6.45, 7) is 1.56. The van der Waals surface area contributed by atoms with E-state index in [0.717, 1.165) is 25.9 Å². The molecule has 1 aliphatic heterocycles. The van der Waals surface area contributed by atoms with Gasteiger partial charge in [-0.3, -0.25) is 4.79 Å². The molecule has 0 aliphatic carbocycles. The van der Waals surface area contributed by atoms with Crippen LogP contribution in [-0.2, 0) is 0 Å². The molecule has 0 radical (unpaired) electrons.